The van der Waals surface area contributed by atoms with Gasteiger partial charge in [0.1, 0.15) is 5.60 Å². The van der Waals surface area contributed by atoms with Crippen molar-refractivity contribution in [1.29, 1.82) is 0 Å². The Morgan fingerprint density at radius 3 is 2.91 bits per heavy atom. The SMILES string of the molecule is CC(C)(C)OC(=O)NCc1cccc(NCC2CCCNC2)c1. The number of amides is 1. The van der Waals surface area contributed by atoms with Gasteiger partial charge in [-0.3, -0.25) is 0 Å². The molecule has 2 rings (SSSR count). The van der Waals surface area contributed by atoms with Crippen molar-refractivity contribution in [1.82, 2.24) is 10.6 Å². The van der Waals surface area contributed by atoms with Crippen molar-refractivity contribution in [2.45, 2.75) is 45.8 Å². The summed E-state index contributed by atoms with van der Waals surface area (Å²) in [5.41, 5.74) is 1.68. The zero-order chi connectivity index (χ0) is 16.7. The molecule has 1 heterocycles. The van der Waals surface area contributed by atoms with Gasteiger partial charge in [0.15, 0.2) is 0 Å². The molecule has 128 valence electrons. The number of piperidine rings is 1. The summed E-state index contributed by atoms with van der Waals surface area (Å²) in [4.78, 5) is 11.7. The largest absolute Gasteiger partial charge is 0.444 e. The second kappa shape index (κ2) is 8.20. The maximum absolute atomic E-state index is 11.7. The molecule has 23 heavy (non-hydrogen) atoms. The lowest BCUT2D eigenvalue weighted by Gasteiger charge is -2.23. The second-order valence-electron chi connectivity index (χ2n) is 7.15. The molecule has 0 radical (unpaired) electrons. The van der Waals surface area contributed by atoms with Crippen LogP contribution < -0.4 is 16.0 Å². The number of carbonyl (C=O) groups is 1. The van der Waals surface area contributed by atoms with Crippen LogP contribution in [0.4, 0.5) is 10.5 Å². The van der Waals surface area contributed by atoms with Crippen LogP contribution in [0.3, 0.4) is 0 Å². The van der Waals surface area contributed by atoms with Gasteiger partial charge in [0.25, 0.3) is 0 Å². The van der Waals surface area contributed by atoms with E-state index >= 15 is 0 Å². The zero-order valence-electron chi connectivity index (χ0n) is 14.4. The molecule has 0 aromatic heterocycles. The molecule has 1 aliphatic heterocycles. The highest BCUT2D eigenvalue weighted by Crippen LogP contribution is 2.15. The van der Waals surface area contributed by atoms with Crippen molar-refractivity contribution < 1.29 is 9.53 Å². The van der Waals surface area contributed by atoms with E-state index in [0.29, 0.717) is 12.5 Å². The third-order valence-corrected chi connectivity index (χ3v) is 3.76. The van der Waals surface area contributed by atoms with E-state index in [1.165, 1.54) is 12.8 Å². The molecule has 5 nitrogen and oxygen atoms in total. The molecular weight excluding hydrogens is 290 g/mol. The summed E-state index contributed by atoms with van der Waals surface area (Å²) in [5.74, 6) is 0.687. The summed E-state index contributed by atoms with van der Waals surface area (Å²) in [6.45, 7) is 9.26. The first kappa shape index (κ1) is 17.6. The maximum Gasteiger partial charge on any atom is 0.407 e. The minimum atomic E-state index is -0.471. The fraction of sp³-hybridized carbons (Fsp3) is 0.611. The Bertz CT molecular complexity index is 505. The van der Waals surface area contributed by atoms with E-state index in [1.807, 2.05) is 32.9 Å². The number of alkyl carbamates (subject to hydrolysis) is 1. The van der Waals surface area contributed by atoms with Gasteiger partial charge in [-0.05, 0) is 70.3 Å². The van der Waals surface area contributed by atoms with E-state index in [1.54, 1.807) is 0 Å². The molecule has 5 heteroatoms. The van der Waals surface area contributed by atoms with E-state index in [2.05, 4.69) is 28.1 Å². The van der Waals surface area contributed by atoms with Gasteiger partial charge in [-0.1, -0.05) is 12.1 Å². The first-order valence-corrected chi connectivity index (χ1v) is 8.43. The molecule has 0 aliphatic carbocycles. The smallest absolute Gasteiger partial charge is 0.407 e. The summed E-state index contributed by atoms with van der Waals surface area (Å²) in [6, 6.07) is 8.15. The van der Waals surface area contributed by atoms with Crippen LogP contribution in [0.25, 0.3) is 0 Å². The van der Waals surface area contributed by atoms with Gasteiger partial charge in [-0.2, -0.15) is 0 Å². The average molecular weight is 319 g/mol. The summed E-state index contributed by atoms with van der Waals surface area (Å²) < 4.78 is 5.24. The number of hydrogen-bond acceptors (Lipinski definition) is 4. The van der Waals surface area contributed by atoms with Gasteiger partial charge in [0.05, 0.1) is 0 Å². The van der Waals surface area contributed by atoms with Crippen molar-refractivity contribution >= 4 is 11.8 Å². The molecule has 1 unspecified atom stereocenters. The lowest BCUT2D eigenvalue weighted by molar-refractivity contribution is 0.0523. The van der Waals surface area contributed by atoms with Crippen LogP contribution in [0.1, 0.15) is 39.2 Å². The minimum absolute atomic E-state index is 0.385. The second-order valence-corrected chi connectivity index (χ2v) is 7.15. The summed E-state index contributed by atoms with van der Waals surface area (Å²) >= 11 is 0. The van der Waals surface area contributed by atoms with E-state index in [0.717, 1.165) is 30.9 Å². The summed E-state index contributed by atoms with van der Waals surface area (Å²) in [5, 5.41) is 9.72. The van der Waals surface area contributed by atoms with Gasteiger partial charge in [0, 0.05) is 18.8 Å². The summed E-state index contributed by atoms with van der Waals surface area (Å²) in [7, 11) is 0. The monoisotopic (exact) mass is 319 g/mol. The highest BCUT2D eigenvalue weighted by molar-refractivity contribution is 5.67. The van der Waals surface area contributed by atoms with Gasteiger partial charge in [-0.15, -0.1) is 0 Å². The van der Waals surface area contributed by atoms with Crippen LogP contribution in [0.15, 0.2) is 24.3 Å². The fourth-order valence-corrected chi connectivity index (χ4v) is 2.64. The molecule has 0 spiro atoms. The molecule has 1 aromatic rings. The number of rotatable bonds is 5. The number of carbonyl (C=O) groups excluding carboxylic acids is 1. The van der Waals surface area contributed by atoms with Gasteiger partial charge < -0.3 is 20.7 Å². The average Bonchev–Trinajstić information content (AvgIpc) is 2.51. The number of anilines is 1. The molecule has 1 aromatic carbocycles. The van der Waals surface area contributed by atoms with Crippen LogP contribution in [0.5, 0.6) is 0 Å². The van der Waals surface area contributed by atoms with E-state index in [4.69, 9.17) is 4.74 Å². The molecule has 1 fully saturated rings. The normalized spacial score (nSPS) is 18.3. The topological polar surface area (TPSA) is 62.4 Å². The Balaban J connectivity index is 1.78. The lowest BCUT2D eigenvalue weighted by atomic mass is 9.99. The molecule has 3 N–H and O–H groups in total. The van der Waals surface area contributed by atoms with E-state index in [-0.39, 0.29) is 6.09 Å². The molecule has 0 bridgehead atoms. The fourth-order valence-electron chi connectivity index (χ4n) is 2.64. The predicted molar refractivity (Wildman–Crippen MR) is 93.6 cm³/mol. The number of ether oxygens (including phenoxy) is 1. The molecular formula is C18H29N3O2. The number of nitrogens with one attached hydrogen (secondary N) is 3. The standard InChI is InChI=1S/C18H29N3O2/c1-18(2,3)23-17(22)21-12-14-6-4-8-16(10-14)20-13-15-7-5-9-19-11-15/h4,6,8,10,15,19-20H,5,7,9,11-13H2,1-3H3,(H,21,22). The lowest BCUT2D eigenvalue weighted by Crippen LogP contribution is -2.33. The third-order valence-electron chi connectivity index (χ3n) is 3.76. The third kappa shape index (κ3) is 6.91. The van der Waals surface area contributed by atoms with Crippen LogP contribution in [-0.2, 0) is 11.3 Å². The predicted octanol–water partition coefficient (Wildman–Crippen LogP) is 3.12. The molecule has 1 atom stereocenters. The van der Waals surface area contributed by atoms with Gasteiger partial charge >= 0.3 is 6.09 Å². The Hall–Kier alpha value is -1.75. The quantitative estimate of drug-likeness (QED) is 0.780. The van der Waals surface area contributed by atoms with Crippen LogP contribution in [0.2, 0.25) is 0 Å². The first-order chi connectivity index (χ1) is 10.9. The van der Waals surface area contributed by atoms with Crippen molar-refractivity contribution in [2.75, 3.05) is 25.0 Å². The van der Waals surface area contributed by atoms with Crippen molar-refractivity contribution in [3.05, 3.63) is 29.8 Å². The Morgan fingerprint density at radius 1 is 1.39 bits per heavy atom. The highest BCUT2D eigenvalue weighted by atomic mass is 16.6. The molecule has 1 aliphatic rings. The number of hydrogen-bond donors (Lipinski definition) is 3. The maximum atomic E-state index is 11.7. The molecule has 1 saturated heterocycles. The van der Waals surface area contributed by atoms with Gasteiger partial charge in [0.2, 0.25) is 0 Å². The van der Waals surface area contributed by atoms with E-state index < -0.39 is 5.60 Å². The Kier molecular flexibility index (Phi) is 6.28. The molecule has 1 amide bonds. The Labute approximate surface area is 139 Å². The summed E-state index contributed by atoms with van der Waals surface area (Å²) in [6.07, 6.45) is 2.15. The van der Waals surface area contributed by atoms with Crippen molar-refractivity contribution in [2.24, 2.45) is 5.92 Å². The minimum Gasteiger partial charge on any atom is -0.444 e. The number of benzene rings is 1. The van der Waals surface area contributed by atoms with Crippen molar-refractivity contribution in [3.8, 4) is 0 Å². The van der Waals surface area contributed by atoms with E-state index in [9.17, 15) is 4.79 Å². The Morgan fingerprint density at radius 2 is 2.22 bits per heavy atom. The van der Waals surface area contributed by atoms with Crippen molar-refractivity contribution in [3.63, 3.8) is 0 Å². The van der Waals surface area contributed by atoms with Crippen LogP contribution in [-0.4, -0.2) is 31.3 Å². The van der Waals surface area contributed by atoms with Crippen LogP contribution >= 0.6 is 0 Å². The highest BCUT2D eigenvalue weighted by Gasteiger charge is 2.16. The first-order valence-electron chi connectivity index (χ1n) is 8.43. The zero-order valence-corrected chi connectivity index (χ0v) is 14.4. The van der Waals surface area contributed by atoms with Crippen LogP contribution in [0, 0.1) is 5.92 Å². The molecule has 0 saturated carbocycles. The van der Waals surface area contributed by atoms with Gasteiger partial charge in [-0.25, -0.2) is 4.79 Å².